The average molecular weight is 417 g/mol. The zero-order chi connectivity index (χ0) is 21.4. The number of urea groups is 1. The van der Waals surface area contributed by atoms with Gasteiger partial charge >= 0.3 is 18.4 Å². The number of alkyl halides is 6. The van der Waals surface area contributed by atoms with Crippen molar-refractivity contribution in [1.29, 1.82) is 0 Å². The van der Waals surface area contributed by atoms with Crippen LogP contribution in [0.3, 0.4) is 0 Å². The second kappa shape index (κ2) is 7.58. The Balaban J connectivity index is 1.79. The summed E-state index contributed by atoms with van der Waals surface area (Å²) < 4.78 is 77.5. The summed E-state index contributed by atoms with van der Waals surface area (Å²) in [6, 6.07) is 5.18. The fraction of sp³-hybridized carbons (Fsp3) is 0.316. The third-order valence-corrected chi connectivity index (χ3v) is 4.51. The van der Waals surface area contributed by atoms with Crippen LogP contribution >= 0.6 is 0 Å². The average Bonchev–Trinajstić information content (AvgIpc) is 2.59. The van der Waals surface area contributed by atoms with E-state index in [0.717, 1.165) is 24.1 Å². The van der Waals surface area contributed by atoms with Crippen molar-refractivity contribution in [2.24, 2.45) is 0 Å². The molecule has 2 aromatic carbocycles. The van der Waals surface area contributed by atoms with Crippen molar-refractivity contribution in [1.82, 2.24) is 4.90 Å². The van der Waals surface area contributed by atoms with Crippen molar-refractivity contribution in [3.8, 4) is 0 Å². The van der Waals surface area contributed by atoms with Gasteiger partial charge in [-0.05, 0) is 54.9 Å². The largest absolute Gasteiger partial charge is 0.416 e. The van der Waals surface area contributed by atoms with Gasteiger partial charge in [0, 0.05) is 24.5 Å². The number of nitrogens with one attached hydrogen (secondary N) is 2. The Kier molecular flexibility index (Phi) is 5.48. The Bertz CT molecular complexity index is 891. The number of amides is 2. The molecule has 10 heteroatoms. The van der Waals surface area contributed by atoms with Crippen LogP contribution in [0.2, 0.25) is 0 Å². The summed E-state index contributed by atoms with van der Waals surface area (Å²) in [6.45, 7) is 1.58. The van der Waals surface area contributed by atoms with Crippen LogP contribution in [-0.2, 0) is 25.3 Å². The lowest BCUT2D eigenvalue weighted by Gasteiger charge is -2.25. The first kappa shape index (κ1) is 21.0. The zero-order valence-corrected chi connectivity index (χ0v) is 15.2. The van der Waals surface area contributed by atoms with Gasteiger partial charge in [-0.1, -0.05) is 6.07 Å². The van der Waals surface area contributed by atoms with Crippen molar-refractivity contribution in [2.45, 2.75) is 25.3 Å². The molecule has 2 aromatic rings. The lowest BCUT2D eigenvalue weighted by Crippen LogP contribution is -2.27. The highest BCUT2D eigenvalue weighted by Crippen LogP contribution is 2.37. The fourth-order valence-electron chi connectivity index (χ4n) is 3.10. The number of benzene rings is 2. The summed E-state index contributed by atoms with van der Waals surface area (Å²) >= 11 is 0. The van der Waals surface area contributed by atoms with Crippen LogP contribution in [0.25, 0.3) is 0 Å². The van der Waals surface area contributed by atoms with Gasteiger partial charge in [0.15, 0.2) is 0 Å². The van der Waals surface area contributed by atoms with Gasteiger partial charge < -0.3 is 15.5 Å². The van der Waals surface area contributed by atoms with E-state index in [4.69, 9.17) is 0 Å². The molecule has 0 saturated carbocycles. The SMILES string of the molecule is CN1CCc2ccc(NC(=O)Nc3cc(C(F)(F)F)cc(C(F)(F)F)c3)cc2C1. The zero-order valence-electron chi connectivity index (χ0n) is 15.2. The van der Waals surface area contributed by atoms with E-state index >= 15 is 0 Å². The van der Waals surface area contributed by atoms with Crippen molar-refractivity contribution in [3.63, 3.8) is 0 Å². The van der Waals surface area contributed by atoms with Crippen molar-refractivity contribution in [3.05, 3.63) is 58.7 Å². The highest BCUT2D eigenvalue weighted by atomic mass is 19.4. The molecular weight excluding hydrogens is 400 g/mol. The van der Waals surface area contributed by atoms with Gasteiger partial charge in [0.2, 0.25) is 0 Å². The summed E-state index contributed by atoms with van der Waals surface area (Å²) in [5.74, 6) is 0. The molecule has 0 unspecified atom stereocenters. The van der Waals surface area contributed by atoms with Crippen LogP contribution in [0.5, 0.6) is 0 Å². The Hall–Kier alpha value is -2.75. The number of carbonyl (C=O) groups excluding carboxylic acids is 1. The molecule has 0 aliphatic carbocycles. The molecule has 0 bridgehead atoms. The van der Waals surface area contributed by atoms with Crippen LogP contribution in [0.4, 0.5) is 42.5 Å². The molecule has 1 aliphatic rings. The van der Waals surface area contributed by atoms with E-state index < -0.39 is 35.2 Å². The second-order valence-corrected chi connectivity index (χ2v) is 6.84. The molecule has 3 rings (SSSR count). The molecule has 2 N–H and O–H groups in total. The van der Waals surface area contributed by atoms with Gasteiger partial charge in [-0.25, -0.2) is 4.79 Å². The number of hydrogen-bond donors (Lipinski definition) is 2. The molecule has 2 amide bonds. The van der Waals surface area contributed by atoms with E-state index in [9.17, 15) is 31.1 Å². The van der Waals surface area contributed by atoms with Gasteiger partial charge in [0.1, 0.15) is 0 Å². The first-order valence-corrected chi connectivity index (χ1v) is 8.59. The standard InChI is InChI=1S/C19H17F6N3O/c1-28-5-4-11-2-3-15(6-12(11)10-28)26-17(29)27-16-8-13(18(20,21)22)7-14(9-16)19(23,24)25/h2-3,6-9H,4-5,10H2,1H3,(H2,26,27,29). The summed E-state index contributed by atoms with van der Waals surface area (Å²) in [4.78, 5) is 14.2. The molecule has 29 heavy (non-hydrogen) atoms. The Morgan fingerprint density at radius 1 is 0.862 bits per heavy atom. The van der Waals surface area contributed by atoms with Crippen molar-refractivity contribution >= 4 is 17.4 Å². The minimum absolute atomic E-state index is 0.00304. The molecule has 1 aliphatic heterocycles. The third-order valence-electron chi connectivity index (χ3n) is 4.51. The normalized spacial score (nSPS) is 15.0. The molecule has 1 heterocycles. The number of anilines is 2. The number of fused-ring (bicyclic) bond motifs is 1. The first-order valence-electron chi connectivity index (χ1n) is 8.59. The minimum atomic E-state index is -4.99. The quantitative estimate of drug-likeness (QED) is 0.647. The van der Waals surface area contributed by atoms with Gasteiger partial charge in [0.25, 0.3) is 0 Å². The molecule has 0 aromatic heterocycles. The van der Waals surface area contributed by atoms with E-state index in [1.54, 1.807) is 12.1 Å². The van der Waals surface area contributed by atoms with Crippen LogP contribution in [0.1, 0.15) is 22.3 Å². The van der Waals surface area contributed by atoms with Gasteiger partial charge in [-0.3, -0.25) is 0 Å². The lowest BCUT2D eigenvalue weighted by molar-refractivity contribution is -0.143. The Labute approximate surface area is 162 Å². The van der Waals surface area contributed by atoms with E-state index in [1.807, 2.05) is 18.4 Å². The predicted molar refractivity (Wildman–Crippen MR) is 95.6 cm³/mol. The number of nitrogens with zero attached hydrogens (tertiary/aromatic N) is 1. The maximum atomic E-state index is 12.9. The second-order valence-electron chi connectivity index (χ2n) is 6.84. The molecule has 0 saturated heterocycles. The smallest absolute Gasteiger partial charge is 0.308 e. The number of hydrogen-bond acceptors (Lipinski definition) is 2. The summed E-state index contributed by atoms with van der Waals surface area (Å²) in [5.41, 5.74) is -1.10. The van der Waals surface area contributed by atoms with Gasteiger partial charge in [-0.15, -0.1) is 0 Å². The molecule has 4 nitrogen and oxygen atoms in total. The third kappa shape index (κ3) is 5.20. The summed E-state index contributed by atoms with van der Waals surface area (Å²) in [5, 5.41) is 4.48. The van der Waals surface area contributed by atoms with E-state index in [-0.39, 0.29) is 6.07 Å². The summed E-state index contributed by atoms with van der Waals surface area (Å²) in [6.07, 6.45) is -9.12. The van der Waals surface area contributed by atoms with Crippen LogP contribution < -0.4 is 10.6 Å². The summed E-state index contributed by atoms with van der Waals surface area (Å²) in [7, 11) is 1.95. The molecule has 0 fully saturated rings. The van der Waals surface area contributed by atoms with E-state index in [2.05, 4.69) is 10.2 Å². The van der Waals surface area contributed by atoms with Crippen LogP contribution in [0, 0.1) is 0 Å². The molecule has 0 spiro atoms. The highest BCUT2D eigenvalue weighted by Gasteiger charge is 2.37. The predicted octanol–water partition coefficient (Wildman–Crippen LogP) is 5.36. The first-order chi connectivity index (χ1) is 13.4. The molecular formula is C19H17F6N3O. The fourth-order valence-corrected chi connectivity index (χ4v) is 3.10. The monoisotopic (exact) mass is 417 g/mol. The van der Waals surface area contributed by atoms with Crippen molar-refractivity contribution in [2.75, 3.05) is 24.2 Å². The molecule has 156 valence electrons. The molecule has 0 atom stereocenters. The van der Waals surface area contributed by atoms with Gasteiger partial charge in [0.05, 0.1) is 11.1 Å². The maximum Gasteiger partial charge on any atom is 0.416 e. The van der Waals surface area contributed by atoms with Crippen LogP contribution in [0.15, 0.2) is 36.4 Å². The number of rotatable bonds is 2. The number of carbonyl (C=O) groups is 1. The topological polar surface area (TPSA) is 44.4 Å². The van der Waals surface area contributed by atoms with E-state index in [1.165, 1.54) is 0 Å². The minimum Gasteiger partial charge on any atom is -0.308 e. The van der Waals surface area contributed by atoms with Crippen molar-refractivity contribution < 1.29 is 31.1 Å². The molecule has 0 radical (unpaired) electrons. The number of halogens is 6. The van der Waals surface area contributed by atoms with Crippen LogP contribution in [-0.4, -0.2) is 24.5 Å². The maximum absolute atomic E-state index is 12.9. The highest BCUT2D eigenvalue weighted by molar-refractivity contribution is 6.00. The lowest BCUT2D eigenvalue weighted by atomic mass is 9.99. The van der Waals surface area contributed by atoms with Gasteiger partial charge in [-0.2, -0.15) is 26.3 Å². The van der Waals surface area contributed by atoms with E-state index in [0.29, 0.717) is 24.4 Å². The Morgan fingerprint density at radius 3 is 2.03 bits per heavy atom. The Morgan fingerprint density at radius 2 is 1.45 bits per heavy atom. The number of likely N-dealkylation sites (N-methyl/N-ethyl adjacent to an activating group) is 1.